The van der Waals surface area contributed by atoms with Gasteiger partial charge in [0.15, 0.2) is 0 Å². The SMILES string of the molecule is O=S(=O)(O)c1ccc(-c2ccccc2P(C2CCCCC2)C2CCCCC2)c(O)c1. The molecule has 162 valence electrons. The van der Waals surface area contributed by atoms with Crippen LogP contribution in [-0.2, 0) is 10.1 Å². The Morgan fingerprint density at radius 1 is 0.767 bits per heavy atom. The zero-order chi connectivity index (χ0) is 21.1. The molecule has 2 aliphatic rings. The van der Waals surface area contributed by atoms with Crippen LogP contribution in [0.25, 0.3) is 11.1 Å². The van der Waals surface area contributed by atoms with Crippen molar-refractivity contribution in [2.75, 3.05) is 0 Å². The predicted octanol–water partition coefficient (Wildman–Crippen LogP) is 6.08. The largest absolute Gasteiger partial charge is 0.507 e. The molecule has 0 spiro atoms. The first-order valence-corrected chi connectivity index (χ1v) is 14.1. The molecule has 2 aromatic rings. The Morgan fingerprint density at radius 2 is 1.33 bits per heavy atom. The van der Waals surface area contributed by atoms with E-state index in [4.69, 9.17) is 0 Å². The van der Waals surface area contributed by atoms with Crippen molar-refractivity contribution in [1.29, 1.82) is 0 Å². The van der Waals surface area contributed by atoms with Gasteiger partial charge in [-0.15, -0.1) is 0 Å². The molecule has 6 heteroatoms. The van der Waals surface area contributed by atoms with E-state index in [1.807, 2.05) is 6.07 Å². The fourth-order valence-electron chi connectivity index (χ4n) is 5.24. The summed E-state index contributed by atoms with van der Waals surface area (Å²) in [5.41, 5.74) is 3.13. The van der Waals surface area contributed by atoms with Gasteiger partial charge >= 0.3 is 0 Å². The standard InChI is InChI=1S/C24H31O4PS/c25-23-17-20(30(26,27)28)15-16-21(23)22-13-7-8-14-24(22)29(18-9-3-1-4-10-18)19-11-5-2-6-12-19/h7-8,13-19,25H,1-6,9-12H2,(H,26,27,28). The van der Waals surface area contributed by atoms with Gasteiger partial charge in [-0.05, 0) is 60.0 Å². The van der Waals surface area contributed by atoms with Crippen molar-refractivity contribution in [3.05, 3.63) is 42.5 Å². The lowest BCUT2D eigenvalue weighted by molar-refractivity contribution is 0.467. The summed E-state index contributed by atoms with van der Waals surface area (Å²) in [5.74, 6) is -0.0974. The van der Waals surface area contributed by atoms with Gasteiger partial charge in [0.05, 0.1) is 4.90 Å². The first-order chi connectivity index (χ1) is 14.4. The average Bonchev–Trinajstić information content (AvgIpc) is 2.75. The van der Waals surface area contributed by atoms with E-state index >= 15 is 0 Å². The van der Waals surface area contributed by atoms with Crippen molar-refractivity contribution in [2.24, 2.45) is 0 Å². The molecule has 0 aromatic heterocycles. The summed E-state index contributed by atoms with van der Waals surface area (Å²) in [6.45, 7) is 0. The van der Waals surface area contributed by atoms with Gasteiger partial charge in [0.1, 0.15) is 5.75 Å². The molecule has 2 fully saturated rings. The van der Waals surface area contributed by atoms with Gasteiger partial charge in [-0.2, -0.15) is 8.42 Å². The molecule has 2 aliphatic carbocycles. The first-order valence-electron chi connectivity index (χ1n) is 11.1. The van der Waals surface area contributed by atoms with Crippen LogP contribution in [0, 0.1) is 0 Å². The summed E-state index contributed by atoms with van der Waals surface area (Å²) in [6, 6.07) is 12.6. The van der Waals surface area contributed by atoms with Crippen LogP contribution in [0.3, 0.4) is 0 Å². The topological polar surface area (TPSA) is 74.6 Å². The summed E-state index contributed by atoms with van der Waals surface area (Å²) in [6.07, 6.45) is 13.1. The van der Waals surface area contributed by atoms with Crippen LogP contribution < -0.4 is 5.30 Å². The minimum Gasteiger partial charge on any atom is -0.507 e. The van der Waals surface area contributed by atoms with Gasteiger partial charge < -0.3 is 5.11 Å². The maximum atomic E-state index is 11.5. The molecule has 4 nitrogen and oxygen atoms in total. The molecule has 2 aromatic carbocycles. The van der Waals surface area contributed by atoms with Crippen LogP contribution in [0.5, 0.6) is 5.75 Å². The van der Waals surface area contributed by atoms with Crippen molar-refractivity contribution >= 4 is 23.3 Å². The van der Waals surface area contributed by atoms with E-state index in [2.05, 4.69) is 18.2 Å². The number of rotatable bonds is 5. The number of phenolic OH excluding ortho intramolecular Hbond substituents is 1. The molecular weight excluding hydrogens is 415 g/mol. The van der Waals surface area contributed by atoms with Crippen LogP contribution >= 0.6 is 7.92 Å². The molecule has 0 atom stereocenters. The number of aromatic hydroxyl groups is 1. The molecule has 0 unspecified atom stereocenters. The molecule has 2 N–H and O–H groups in total. The van der Waals surface area contributed by atoms with Gasteiger partial charge in [0, 0.05) is 11.6 Å². The quantitative estimate of drug-likeness (QED) is 0.431. The van der Waals surface area contributed by atoms with Gasteiger partial charge in [0.2, 0.25) is 0 Å². The molecule has 0 heterocycles. The molecule has 2 saturated carbocycles. The van der Waals surface area contributed by atoms with Gasteiger partial charge in [-0.3, -0.25) is 4.55 Å². The highest BCUT2D eigenvalue weighted by Gasteiger charge is 2.33. The molecule has 30 heavy (non-hydrogen) atoms. The molecule has 0 saturated heterocycles. The highest BCUT2D eigenvalue weighted by Crippen LogP contribution is 2.56. The van der Waals surface area contributed by atoms with Crippen LogP contribution in [0.15, 0.2) is 47.4 Å². The lowest BCUT2D eigenvalue weighted by Crippen LogP contribution is -2.27. The minimum atomic E-state index is -4.34. The van der Waals surface area contributed by atoms with E-state index in [1.165, 1.54) is 75.6 Å². The average molecular weight is 447 g/mol. The maximum absolute atomic E-state index is 11.5. The number of benzene rings is 2. The van der Waals surface area contributed by atoms with E-state index in [9.17, 15) is 18.1 Å². The van der Waals surface area contributed by atoms with E-state index in [1.54, 1.807) is 6.07 Å². The maximum Gasteiger partial charge on any atom is 0.294 e. The molecular formula is C24H31O4PS. The third-order valence-electron chi connectivity index (χ3n) is 6.68. The molecule has 4 rings (SSSR count). The van der Waals surface area contributed by atoms with E-state index < -0.39 is 10.1 Å². The van der Waals surface area contributed by atoms with Crippen molar-refractivity contribution < 1.29 is 18.1 Å². The summed E-state index contributed by atoms with van der Waals surface area (Å²) in [7, 11) is -4.70. The molecule has 0 aliphatic heterocycles. The Balaban J connectivity index is 1.78. The van der Waals surface area contributed by atoms with Crippen LogP contribution in [0.1, 0.15) is 64.2 Å². The van der Waals surface area contributed by atoms with Crippen molar-refractivity contribution in [3.8, 4) is 16.9 Å². The lowest BCUT2D eigenvalue weighted by Gasteiger charge is -2.39. The van der Waals surface area contributed by atoms with E-state index in [-0.39, 0.29) is 18.6 Å². The van der Waals surface area contributed by atoms with Crippen molar-refractivity contribution in [2.45, 2.75) is 80.4 Å². The monoisotopic (exact) mass is 446 g/mol. The Hall–Kier alpha value is -1.42. The second kappa shape index (κ2) is 9.38. The fraction of sp³-hybridized carbons (Fsp3) is 0.500. The first kappa shape index (κ1) is 21.8. The molecule has 0 amide bonds. The van der Waals surface area contributed by atoms with E-state index in [0.29, 0.717) is 5.56 Å². The Labute approximate surface area is 181 Å². The zero-order valence-electron chi connectivity index (χ0n) is 17.3. The van der Waals surface area contributed by atoms with Crippen LogP contribution in [0.2, 0.25) is 0 Å². The summed E-state index contributed by atoms with van der Waals surface area (Å²) < 4.78 is 32.3. The van der Waals surface area contributed by atoms with Crippen molar-refractivity contribution in [1.82, 2.24) is 0 Å². The van der Waals surface area contributed by atoms with Gasteiger partial charge in [-0.1, -0.05) is 70.7 Å². The summed E-state index contributed by atoms with van der Waals surface area (Å²) in [4.78, 5) is -0.275. The van der Waals surface area contributed by atoms with Crippen LogP contribution in [0.4, 0.5) is 0 Å². The number of phenols is 1. The summed E-state index contributed by atoms with van der Waals surface area (Å²) >= 11 is 0. The number of hydrogen-bond donors (Lipinski definition) is 2. The highest BCUT2D eigenvalue weighted by atomic mass is 32.2. The minimum absolute atomic E-state index is 0.0974. The molecule has 0 radical (unpaired) electrons. The molecule has 0 bridgehead atoms. The number of hydrogen-bond acceptors (Lipinski definition) is 3. The fourth-order valence-corrected chi connectivity index (χ4v) is 9.69. The highest BCUT2D eigenvalue weighted by molar-refractivity contribution is 7.85. The normalized spacial score (nSPS) is 19.3. The second-order valence-electron chi connectivity index (χ2n) is 8.66. The predicted molar refractivity (Wildman–Crippen MR) is 124 cm³/mol. The lowest BCUT2D eigenvalue weighted by atomic mass is 9.99. The Morgan fingerprint density at radius 3 is 1.87 bits per heavy atom. The van der Waals surface area contributed by atoms with E-state index in [0.717, 1.165) is 22.9 Å². The van der Waals surface area contributed by atoms with Gasteiger partial charge in [-0.25, -0.2) is 0 Å². The summed E-state index contributed by atoms with van der Waals surface area (Å²) in [5, 5.41) is 12.0. The Kier molecular flexibility index (Phi) is 6.81. The smallest absolute Gasteiger partial charge is 0.294 e. The second-order valence-corrected chi connectivity index (χ2v) is 12.8. The van der Waals surface area contributed by atoms with Gasteiger partial charge in [0.25, 0.3) is 10.1 Å². The Bertz CT molecular complexity index is 958. The zero-order valence-corrected chi connectivity index (χ0v) is 19.0. The van der Waals surface area contributed by atoms with Crippen LogP contribution in [-0.4, -0.2) is 29.4 Å². The van der Waals surface area contributed by atoms with Crippen molar-refractivity contribution in [3.63, 3.8) is 0 Å². The third kappa shape index (κ3) is 4.74. The third-order valence-corrected chi connectivity index (χ3v) is 11.1.